The quantitative estimate of drug-likeness (QED) is 0.672. The molecule has 3 fully saturated rings. The molecule has 3 heterocycles. The number of rotatable bonds is 3. The fourth-order valence-electron chi connectivity index (χ4n) is 4.36. The molecule has 4 rings (SSSR count). The number of benzene rings is 1. The van der Waals surface area contributed by atoms with Crippen LogP contribution in [0.1, 0.15) is 24.4 Å². The Labute approximate surface area is 170 Å². The Bertz CT molecular complexity index is 704. The Morgan fingerprint density at radius 1 is 1.18 bits per heavy atom. The molecule has 0 radical (unpaired) electrons. The highest BCUT2D eigenvalue weighted by atomic mass is 35.5. The van der Waals surface area contributed by atoms with Crippen molar-refractivity contribution in [2.75, 3.05) is 39.3 Å². The molecule has 3 atom stereocenters. The minimum atomic E-state index is -0.285. The third-order valence-corrected chi connectivity index (χ3v) is 5.80. The van der Waals surface area contributed by atoms with E-state index < -0.39 is 0 Å². The molecule has 0 saturated carbocycles. The number of amides is 2. The van der Waals surface area contributed by atoms with Crippen LogP contribution in [0.2, 0.25) is 0 Å². The summed E-state index contributed by atoms with van der Waals surface area (Å²) in [6.45, 7) is 3.75. The number of nitrogens with one attached hydrogen (secondary N) is 3. The van der Waals surface area contributed by atoms with Crippen molar-refractivity contribution >= 4 is 24.2 Å². The summed E-state index contributed by atoms with van der Waals surface area (Å²) in [6.07, 6.45) is 1.85. The number of hydrogen-bond acceptors (Lipinski definition) is 5. The second-order valence-electron chi connectivity index (χ2n) is 7.51. The molecule has 9 heteroatoms. The second kappa shape index (κ2) is 9.17. The monoisotopic (exact) mass is 411 g/mol. The van der Waals surface area contributed by atoms with E-state index in [4.69, 9.17) is 0 Å². The topological polar surface area (TPSA) is 76.7 Å². The zero-order valence-electron chi connectivity index (χ0n) is 15.7. The Hall–Kier alpha value is -1.74. The van der Waals surface area contributed by atoms with Gasteiger partial charge in [-0.2, -0.15) is 0 Å². The fourth-order valence-corrected chi connectivity index (χ4v) is 4.36. The zero-order chi connectivity index (χ0) is 18.8. The molecule has 7 nitrogen and oxygen atoms in total. The van der Waals surface area contributed by atoms with E-state index in [1.54, 1.807) is 12.1 Å². The van der Waals surface area contributed by atoms with Crippen LogP contribution in [0.4, 0.5) is 4.39 Å². The molecule has 3 N–H and O–H groups in total. The van der Waals surface area contributed by atoms with Gasteiger partial charge in [0.2, 0.25) is 11.8 Å². The lowest BCUT2D eigenvalue weighted by Crippen LogP contribution is -2.58. The van der Waals surface area contributed by atoms with Crippen LogP contribution < -0.4 is 16.2 Å². The van der Waals surface area contributed by atoms with E-state index >= 15 is 0 Å². The van der Waals surface area contributed by atoms with Crippen molar-refractivity contribution in [2.24, 2.45) is 5.92 Å². The highest BCUT2D eigenvalue weighted by Crippen LogP contribution is 2.28. The number of likely N-dealkylation sites (tertiary alicyclic amines) is 1. The van der Waals surface area contributed by atoms with Crippen LogP contribution in [0.3, 0.4) is 0 Å². The Kier molecular flexibility index (Phi) is 6.87. The van der Waals surface area contributed by atoms with Gasteiger partial charge >= 0.3 is 0 Å². The van der Waals surface area contributed by atoms with E-state index in [-0.39, 0.29) is 48.0 Å². The van der Waals surface area contributed by atoms with Gasteiger partial charge in [-0.05, 0) is 30.5 Å². The Balaban J connectivity index is 0.00000225. The summed E-state index contributed by atoms with van der Waals surface area (Å²) in [6, 6.07) is 6.20. The molecule has 0 aromatic heterocycles. The van der Waals surface area contributed by atoms with Gasteiger partial charge in [-0.25, -0.2) is 9.82 Å². The molecule has 2 amide bonds. The van der Waals surface area contributed by atoms with Gasteiger partial charge < -0.3 is 15.1 Å². The molecule has 3 aliphatic rings. The van der Waals surface area contributed by atoms with E-state index in [0.29, 0.717) is 26.2 Å². The molecule has 0 bridgehead atoms. The third-order valence-electron chi connectivity index (χ3n) is 5.80. The summed E-state index contributed by atoms with van der Waals surface area (Å²) in [7, 11) is 0. The van der Waals surface area contributed by atoms with Crippen LogP contribution >= 0.6 is 12.4 Å². The number of carbonyl (C=O) groups is 2. The summed E-state index contributed by atoms with van der Waals surface area (Å²) in [5.74, 6) is -0.317. The number of carbonyl (C=O) groups excluding carboxylic acids is 2. The summed E-state index contributed by atoms with van der Waals surface area (Å²) in [4.78, 5) is 29.2. The largest absolute Gasteiger partial charge is 0.340 e. The molecule has 3 unspecified atom stereocenters. The Morgan fingerprint density at radius 3 is 2.71 bits per heavy atom. The van der Waals surface area contributed by atoms with Crippen LogP contribution in [0.15, 0.2) is 24.3 Å². The van der Waals surface area contributed by atoms with Crippen LogP contribution in [-0.2, 0) is 9.59 Å². The number of hydrogen-bond donors (Lipinski definition) is 3. The molecule has 3 aliphatic heterocycles. The summed E-state index contributed by atoms with van der Waals surface area (Å²) in [5, 5.41) is 3.10. The molecular formula is C19H27ClFN5O2. The lowest BCUT2D eigenvalue weighted by Gasteiger charge is -2.42. The molecule has 0 spiro atoms. The molecule has 1 aromatic rings. The van der Waals surface area contributed by atoms with Crippen molar-refractivity contribution in [1.82, 2.24) is 26.0 Å². The van der Waals surface area contributed by atoms with Gasteiger partial charge in [0.15, 0.2) is 0 Å². The number of piperidine rings is 1. The highest BCUT2D eigenvalue weighted by molar-refractivity contribution is 5.85. The average molecular weight is 412 g/mol. The minimum absolute atomic E-state index is 0. The maximum absolute atomic E-state index is 13.2. The molecule has 3 saturated heterocycles. The third kappa shape index (κ3) is 4.30. The van der Waals surface area contributed by atoms with Gasteiger partial charge in [0, 0.05) is 38.8 Å². The second-order valence-corrected chi connectivity index (χ2v) is 7.51. The minimum Gasteiger partial charge on any atom is -0.340 e. The van der Waals surface area contributed by atoms with Crippen LogP contribution in [0, 0.1) is 11.7 Å². The smallest absolute Gasteiger partial charge is 0.236 e. The zero-order valence-corrected chi connectivity index (χ0v) is 16.5. The maximum Gasteiger partial charge on any atom is 0.236 e. The van der Waals surface area contributed by atoms with Gasteiger partial charge in [-0.3, -0.25) is 15.0 Å². The Morgan fingerprint density at radius 2 is 1.96 bits per heavy atom. The van der Waals surface area contributed by atoms with Crippen molar-refractivity contribution in [3.05, 3.63) is 35.6 Å². The summed E-state index contributed by atoms with van der Waals surface area (Å²) in [5.41, 5.74) is 7.12. The SMILES string of the molecule is Cl.O=C(C1CNNC1c1ccc(F)cc1)N1CCCC(N2CCNCC2=O)C1. The van der Waals surface area contributed by atoms with Crippen molar-refractivity contribution in [3.8, 4) is 0 Å². The van der Waals surface area contributed by atoms with Crippen molar-refractivity contribution in [2.45, 2.75) is 24.9 Å². The highest BCUT2D eigenvalue weighted by Gasteiger charge is 2.39. The maximum atomic E-state index is 13.2. The van der Waals surface area contributed by atoms with Crippen LogP contribution in [0.25, 0.3) is 0 Å². The van der Waals surface area contributed by atoms with E-state index in [0.717, 1.165) is 31.5 Å². The van der Waals surface area contributed by atoms with Crippen molar-refractivity contribution in [1.29, 1.82) is 0 Å². The van der Waals surface area contributed by atoms with E-state index in [2.05, 4.69) is 16.2 Å². The number of hydrazine groups is 1. The summed E-state index contributed by atoms with van der Waals surface area (Å²) < 4.78 is 13.2. The number of halogens is 2. The first kappa shape index (κ1) is 21.0. The first-order valence-electron chi connectivity index (χ1n) is 9.66. The molecule has 1 aromatic carbocycles. The van der Waals surface area contributed by atoms with Gasteiger partial charge in [-0.15, -0.1) is 12.4 Å². The van der Waals surface area contributed by atoms with E-state index in [1.807, 2.05) is 9.80 Å². The van der Waals surface area contributed by atoms with Gasteiger partial charge in [0.25, 0.3) is 0 Å². The number of piperazine rings is 1. The first-order valence-corrected chi connectivity index (χ1v) is 9.66. The predicted octanol–water partition coefficient (Wildman–Crippen LogP) is 0.435. The van der Waals surface area contributed by atoms with Crippen molar-refractivity contribution < 1.29 is 14.0 Å². The van der Waals surface area contributed by atoms with Crippen LogP contribution in [-0.4, -0.2) is 66.9 Å². The van der Waals surface area contributed by atoms with Crippen LogP contribution in [0.5, 0.6) is 0 Å². The molecule has 154 valence electrons. The fraction of sp³-hybridized carbons (Fsp3) is 0.579. The molecular weight excluding hydrogens is 385 g/mol. The average Bonchev–Trinajstić information content (AvgIpc) is 3.18. The molecule has 28 heavy (non-hydrogen) atoms. The lowest BCUT2D eigenvalue weighted by atomic mass is 9.92. The van der Waals surface area contributed by atoms with Gasteiger partial charge in [-0.1, -0.05) is 12.1 Å². The van der Waals surface area contributed by atoms with E-state index in [1.165, 1.54) is 12.1 Å². The standard InChI is InChI=1S/C19H26FN5O2.ClH/c20-14-5-3-13(4-6-14)18-16(10-22-23-18)19(27)24-8-1-2-15(12-24)25-9-7-21-11-17(25)26;/h3-6,15-16,18,21-23H,1-2,7-12H2;1H. The van der Waals surface area contributed by atoms with E-state index in [9.17, 15) is 14.0 Å². The summed E-state index contributed by atoms with van der Waals surface area (Å²) >= 11 is 0. The molecule has 0 aliphatic carbocycles. The van der Waals surface area contributed by atoms with Gasteiger partial charge in [0.05, 0.1) is 18.5 Å². The first-order chi connectivity index (χ1) is 13.1. The lowest BCUT2D eigenvalue weighted by molar-refractivity contribution is -0.142. The normalized spacial score (nSPS) is 28.2. The predicted molar refractivity (Wildman–Crippen MR) is 105 cm³/mol. The number of nitrogens with zero attached hydrogens (tertiary/aromatic N) is 2. The van der Waals surface area contributed by atoms with Crippen molar-refractivity contribution in [3.63, 3.8) is 0 Å². The van der Waals surface area contributed by atoms with Gasteiger partial charge in [0.1, 0.15) is 5.82 Å².